The van der Waals surface area contributed by atoms with E-state index in [0.29, 0.717) is 5.56 Å². The molecule has 0 saturated carbocycles. The number of carbonyl (C=O) groups excluding carboxylic acids is 2. The standard InChI is InChI=1S/C12H16N2O3/c1-13-8-10(15)14-11(12(16)17-2)9-6-4-3-5-7-9/h3-7,11,13H,8H2,1-2H3,(H,14,15). The summed E-state index contributed by atoms with van der Waals surface area (Å²) >= 11 is 0. The lowest BCUT2D eigenvalue weighted by atomic mass is 10.1. The molecule has 1 aromatic carbocycles. The van der Waals surface area contributed by atoms with E-state index in [1.165, 1.54) is 7.11 Å². The first-order chi connectivity index (χ1) is 8.19. The first kappa shape index (κ1) is 13.2. The summed E-state index contributed by atoms with van der Waals surface area (Å²) in [6, 6.07) is 8.21. The predicted octanol–water partition coefficient (Wildman–Crippen LogP) is 0.236. The number of carbonyl (C=O) groups is 2. The lowest BCUT2D eigenvalue weighted by Crippen LogP contribution is -2.38. The molecule has 1 aromatic rings. The minimum atomic E-state index is -0.762. The summed E-state index contributed by atoms with van der Waals surface area (Å²) in [5, 5.41) is 5.33. The summed E-state index contributed by atoms with van der Waals surface area (Å²) in [4.78, 5) is 23.1. The Morgan fingerprint density at radius 3 is 2.47 bits per heavy atom. The third-order valence-corrected chi connectivity index (χ3v) is 2.21. The Morgan fingerprint density at radius 2 is 1.94 bits per heavy atom. The summed E-state index contributed by atoms with van der Waals surface area (Å²) in [7, 11) is 2.96. The maximum Gasteiger partial charge on any atom is 0.333 e. The van der Waals surface area contributed by atoms with Crippen LogP contribution in [0, 0.1) is 0 Å². The highest BCUT2D eigenvalue weighted by atomic mass is 16.5. The number of amides is 1. The summed E-state index contributed by atoms with van der Waals surface area (Å²) in [6.45, 7) is 0.153. The Bertz CT molecular complexity index is 379. The van der Waals surface area contributed by atoms with Gasteiger partial charge in [0.2, 0.25) is 5.91 Å². The molecule has 1 unspecified atom stereocenters. The molecule has 0 saturated heterocycles. The molecule has 1 rings (SSSR count). The Kier molecular flexibility index (Phi) is 5.16. The van der Waals surface area contributed by atoms with E-state index in [-0.39, 0.29) is 12.5 Å². The Labute approximate surface area is 100 Å². The molecule has 0 spiro atoms. The van der Waals surface area contributed by atoms with E-state index in [4.69, 9.17) is 0 Å². The first-order valence-corrected chi connectivity index (χ1v) is 5.25. The average Bonchev–Trinajstić information content (AvgIpc) is 2.36. The van der Waals surface area contributed by atoms with E-state index < -0.39 is 12.0 Å². The van der Waals surface area contributed by atoms with Gasteiger partial charge in [-0.05, 0) is 12.6 Å². The lowest BCUT2D eigenvalue weighted by Gasteiger charge is -2.16. The number of benzene rings is 1. The first-order valence-electron chi connectivity index (χ1n) is 5.25. The third-order valence-electron chi connectivity index (χ3n) is 2.21. The molecular weight excluding hydrogens is 220 g/mol. The van der Waals surface area contributed by atoms with Crippen LogP contribution in [0.4, 0.5) is 0 Å². The quantitative estimate of drug-likeness (QED) is 0.718. The largest absolute Gasteiger partial charge is 0.467 e. The smallest absolute Gasteiger partial charge is 0.333 e. The molecule has 0 radical (unpaired) electrons. The van der Waals surface area contributed by atoms with Crippen LogP contribution in [0.5, 0.6) is 0 Å². The van der Waals surface area contributed by atoms with Crippen molar-refractivity contribution in [2.24, 2.45) is 0 Å². The predicted molar refractivity (Wildman–Crippen MR) is 63.3 cm³/mol. The molecule has 1 amide bonds. The van der Waals surface area contributed by atoms with Gasteiger partial charge >= 0.3 is 5.97 Å². The van der Waals surface area contributed by atoms with Gasteiger partial charge in [0.25, 0.3) is 0 Å². The van der Waals surface area contributed by atoms with Crippen molar-refractivity contribution in [3.63, 3.8) is 0 Å². The Hall–Kier alpha value is -1.88. The molecule has 0 heterocycles. The second-order valence-electron chi connectivity index (χ2n) is 3.46. The van der Waals surface area contributed by atoms with Crippen LogP contribution in [0.25, 0.3) is 0 Å². The van der Waals surface area contributed by atoms with Gasteiger partial charge in [0.05, 0.1) is 13.7 Å². The Balaban J connectivity index is 2.82. The van der Waals surface area contributed by atoms with Gasteiger partial charge in [-0.1, -0.05) is 30.3 Å². The van der Waals surface area contributed by atoms with Gasteiger partial charge in [-0.25, -0.2) is 4.79 Å². The number of likely N-dealkylation sites (N-methyl/N-ethyl adjacent to an activating group) is 1. The van der Waals surface area contributed by atoms with Crippen LogP contribution in [-0.2, 0) is 14.3 Å². The van der Waals surface area contributed by atoms with Gasteiger partial charge in [0, 0.05) is 0 Å². The van der Waals surface area contributed by atoms with Gasteiger partial charge in [0.1, 0.15) is 0 Å². The summed E-state index contributed by atoms with van der Waals surface area (Å²) in [5.74, 6) is -0.743. The number of ether oxygens (including phenoxy) is 1. The van der Waals surface area contributed by atoms with Crippen LogP contribution in [0.2, 0.25) is 0 Å². The highest BCUT2D eigenvalue weighted by molar-refractivity contribution is 5.86. The molecule has 0 aliphatic heterocycles. The van der Waals surface area contributed by atoms with Gasteiger partial charge in [-0.3, -0.25) is 4.79 Å². The maximum absolute atomic E-state index is 11.6. The number of esters is 1. The van der Waals surface area contributed by atoms with Crippen molar-refractivity contribution in [1.29, 1.82) is 0 Å². The van der Waals surface area contributed by atoms with Crippen LogP contribution in [0.3, 0.4) is 0 Å². The molecule has 5 nitrogen and oxygen atoms in total. The van der Waals surface area contributed by atoms with E-state index in [0.717, 1.165) is 0 Å². The van der Waals surface area contributed by atoms with Crippen LogP contribution in [0.15, 0.2) is 30.3 Å². The number of methoxy groups -OCH3 is 1. The van der Waals surface area contributed by atoms with E-state index in [1.54, 1.807) is 31.3 Å². The molecule has 0 fully saturated rings. The molecular formula is C12H16N2O3. The number of rotatable bonds is 5. The highest BCUT2D eigenvalue weighted by Gasteiger charge is 2.22. The second-order valence-corrected chi connectivity index (χ2v) is 3.46. The average molecular weight is 236 g/mol. The molecule has 0 aromatic heterocycles. The fourth-order valence-electron chi connectivity index (χ4n) is 1.41. The fourth-order valence-corrected chi connectivity index (χ4v) is 1.41. The summed E-state index contributed by atoms with van der Waals surface area (Å²) in [5.41, 5.74) is 0.698. The topological polar surface area (TPSA) is 67.4 Å². The minimum absolute atomic E-state index is 0.153. The van der Waals surface area contributed by atoms with Crippen molar-refractivity contribution in [3.05, 3.63) is 35.9 Å². The van der Waals surface area contributed by atoms with Gasteiger partial charge < -0.3 is 15.4 Å². The number of nitrogens with one attached hydrogen (secondary N) is 2. The zero-order valence-electron chi connectivity index (χ0n) is 9.90. The maximum atomic E-state index is 11.6. The highest BCUT2D eigenvalue weighted by Crippen LogP contribution is 2.13. The van der Waals surface area contributed by atoms with Crippen LogP contribution < -0.4 is 10.6 Å². The minimum Gasteiger partial charge on any atom is -0.467 e. The second kappa shape index (κ2) is 6.65. The summed E-state index contributed by atoms with van der Waals surface area (Å²) in [6.07, 6.45) is 0. The van der Waals surface area contributed by atoms with E-state index in [1.807, 2.05) is 6.07 Å². The molecule has 92 valence electrons. The molecule has 0 aliphatic carbocycles. The van der Waals surface area contributed by atoms with E-state index in [9.17, 15) is 9.59 Å². The Morgan fingerprint density at radius 1 is 1.29 bits per heavy atom. The van der Waals surface area contributed by atoms with E-state index >= 15 is 0 Å². The molecule has 17 heavy (non-hydrogen) atoms. The molecule has 5 heteroatoms. The number of hydrogen-bond donors (Lipinski definition) is 2. The monoisotopic (exact) mass is 236 g/mol. The van der Waals surface area contributed by atoms with E-state index in [2.05, 4.69) is 15.4 Å². The van der Waals surface area contributed by atoms with Crippen molar-refractivity contribution in [3.8, 4) is 0 Å². The van der Waals surface area contributed by atoms with Crippen molar-refractivity contribution in [1.82, 2.24) is 10.6 Å². The van der Waals surface area contributed by atoms with Gasteiger partial charge in [0.15, 0.2) is 6.04 Å². The van der Waals surface area contributed by atoms with Gasteiger partial charge in [-0.15, -0.1) is 0 Å². The normalized spacial score (nSPS) is 11.6. The van der Waals surface area contributed by atoms with Gasteiger partial charge in [-0.2, -0.15) is 0 Å². The molecule has 0 aliphatic rings. The SMILES string of the molecule is CNCC(=O)NC(C(=O)OC)c1ccccc1. The van der Waals surface area contributed by atoms with Crippen molar-refractivity contribution in [2.75, 3.05) is 20.7 Å². The van der Waals surface area contributed by atoms with Crippen LogP contribution >= 0.6 is 0 Å². The van der Waals surface area contributed by atoms with Crippen molar-refractivity contribution >= 4 is 11.9 Å². The number of hydrogen-bond acceptors (Lipinski definition) is 4. The third kappa shape index (κ3) is 3.88. The molecule has 1 atom stereocenters. The zero-order chi connectivity index (χ0) is 12.7. The summed E-state index contributed by atoms with van der Waals surface area (Å²) < 4.78 is 4.67. The lowest BCUT2D eigenvalue weighted by molar-refractivity contribution is -0.145. The zero-order valence-corrected chi connectivity index (χ0v) is 9.90. The van der Waals surface area contributed by atoms with Crippen molar-refractivity contribution < 1.29 is 14.3 Å². The van der Waals surface area contributed by atoms with Crippen molar-refractivity contribution in [2.45, 2.75) is 6.04 Å². The molecule has 0 bridgehead atoms. The fraction of sp³-hybridized carbons (Fsp3) is 0.333. The molecule has 2 N–H and O–H groups in total. The van der Waals surface area contributed by atoms with Crippen LogP contribution in [0.1, 0.15) is 11.6 Å². The van der Waals surface area contributed by atoms with Crippen LogP contribution in [-0.4, -0.2) is 32.6 Å².